The number of nitriles is 2. The topological polar surface area (TPSA) is 104 Å². The van der Waals surface area contributed by atoms with Crippen LogP contribution in [0.5, 0.6) is 0 Å². The van der Waals surface area contributed by atoms with Gasteiger partial charge in [-0.05, 0) is 45.1 Å². The van der Waals surface area contributed by atoms with Gasteiger partial charge in [-0.2, -0.15) is 10.5 Å². The highest BCUT2D eigenvalue weighted by Gasteiger charge is 2.33. The molecule has 2 rings (SSSR count). The lowest BCUT2D eigenvalue weighted by Gasteiger charge is -2.34. The normalized spacial score (nSPS) is 13.7. The van der Waals surface area contributed by atoms with Crippen molar-refractivity contribution in [2.75, 3.05) is 25.0 Å². The third-order valence-corrected chi connectivity index (χ3v) is 4.72. The van der Waals surface area contributed by atoms with Gasteiger partial charge in [0.25, 0.3) is 0 Å². The highest BCUT2D eigenvalue weighted by atomic mass is 35.5. The lowest BCUT2D eigenvalue weighted by molar-refractivity contribution is 0.102. The third-order valence-electron chi connectivity index (χ3n) is 4.44. The maximum atomic E-state index is 11.5. The van der Waals surface area contributed by atoms with Crippen molar-refractivity contribution in [3.63, 3.8) is 0 Å². The van der Waals surface area contributed by atoms with Crippen LogP contribution in [0, 0.1) is 22.7 Å². The number of hydrogen-bond acceptors (Lipinski definition) is 5. The van der Waals surface area contributed by atoms with Gasteiger partial charge in [0.1, 0.15) is 23.1 Å². The van der Waals surface area contributed by atoms with Crippen LogP contribution in [0.2, 0.25) is 5.15 Å². The fraction of sp³-hybridized carbons (Fsp3) is 0.556. The Hall–Kier alpha value is -2.51. The van der Waals surface area contributed by atoms with Crippen molar-refractivity contribution in [2.45, 2.75) is 45.1 Å². The van der Waals surface area contributed by atoms with Crippen molar-refractivity contribution in [3.8, 4) is 12.1 Å². The highest BCUT2D eigenvalue weighted by Crippen LogP contribution is 2.46. The van der Waals surface area contributed by atoms with Crippen LogP contribution in [-0.4, -0.2) is 46.8 Å². The van der Waals surface area contributed by atoms with Crippen molar-refractivity contribution in [2.24, 2.45) is 0 Å². The SMILES string of the molecule is CN(CCN(C(=O)O)C(C)(C)C)c1nc(Cl)c(C#N)c(C2CC2)c1C#N. The molecule has 1 saturated carbocycles. The maximum Gasteiger partial charge on any atom is 0.407 e. The molecule has 7 nitrogen and oxygen atoms in total. The number of amides is 1. The summed E-state index contributed by atoms with van der Waals surface area (Å²) in [5.74, 6) is 0.551. The smallest absolute Gasteiger partial charge is 0.407 e. The summed E-state index contributed by atoms with van der Waals surface area (Å²) in [5.41, 5.74) is 0.751. The Bertz CT molecular complexity index is 800. The number of carboxylic acid groups (broad SMARTS) is 1. The van der Waals surface area contributed by atoms with Crippen LogP contribution in [0.4, 0.5) is 10.6 Å². The highest BCUT2D eigenvalue weighted by molar-refractivity contribution is 6.30. The fourth-order valence-electron chi connectivity index (χ4n) is 2.91. The van der Waals surface area contributed by atoms with Gasteiger partial charge in [-0.15, -0.1) is 0 Å². The Balaban J connectivity index is 2.35. The molecular formula is C18H22ClN5O2. The molecule has 0 bridgehead atoms. The number of rotatable bonds is 5. The Kier molecular flexibility index (Phi) is 5.63. The van der Waals surface area contributed by atoms with Crippen molar-refractivity contribution >= 4 is 23.5 Å². The summed E-state index contributed by atoms with van der Waals surface area (Å²) in [7, 11) is 1.74. The number of likely N-dealkylation sites (N-methyl/N-ethyl adjacent to an activating group) is 1. The molecule has 0 aliphatic heterocycles. The second-order valence-corrected chi connectivity index (χ2v) is 7.77. The van der Waals surface area contributed by atoms with Gasteiger partial charge in [0.15, 0.2) is 0 Å². The molecule has 0 unspecified atom stereocenters. The number of anilines is 1. The first-order valence-corrected chi connectivity index (χ1v) is 8.74. The standard InChI is InChI=1S/C18H22ClN5O2/c1-18(2,3)24(17(25)26)8-7-23(4)16-13(10-21)14(11-5-6-11)12(9-20)15(19)22-16/h11H,5-8H2,1-4H3,(H,25,26). The lowest BCUT2D eigenvalue weighted by Crippen LogP contribution is -2.48. The van der Waals surface area contributed by atoms with E-state index < -0.39 is 11.6 Å². The molecule has 0 saturated heterocycles. The molecule has 1 heterocycles. The molecule has 138 valence electrons. The summed E-state index contributed by atoms with van der Waals surface area (Å²) < 4.78 is 0. The van der Waals surface area contributed by atoms with Gasteiger partial charge in [-0.25, -0.2) is 9.78 Å². The molecule has 8 heteroatoms. The summed E-state index contributed by atoms with van der Waals surface area (Å²) >= 11 is 6.19. The van der Waals surface area contributed by atoms with Gasteiger partial charge in [-0.3, -0.25) is 0 Å². The molecule has 1 amide bonds. The van der Waals surface area contributed by atoms with Crippen LogP contribution in [-0.2, 0) is 0 Å². The van der Waals surface area contributed by atoms with Crippen LogP contribution >= 0.6 is 11.6 Å². The predicted molar refractivity (Wildman–Crippen MR) is 98.4 cm³/mol. The first kappa shape index (κ1) is 19.8. The average Bonchev–Trinajstić information content (AvgIpc) is 3.36. The van der Waals surface area contributed by atoms with Crippen LogP contribution in [0.1, 0.15) is 56.2 Å². The van der Waals surface area contributed by atoms with Crippen LogP contribution in [0.3, 0.4) is 0 Å². The van der Waals surface area contributed by atoms with E-state index in [-0.39, 0.29) is 23.2 Å². The third kappa shape index (κ3) is 4.00. The molecule has 1 fully saturated rings. The second kappa shape index (κ2) is 7.39. The molecular weight excluding hydrogens is 354 g/mol. The molecule has 1 aliphatic carbocycles. The Morgan fingerprint density at radius 1 is 1.27 bits per heavy atom. The Morgan fingerprint density at radius 3 is 2.27 bits per heavy atom. The number of aromatic nitrogens is 1. The number of halogens is 1. The first-order chi connectivity index (χ1) is 12.1. The van der Waals surface area contributed by atoms with Crippen LogP contribution in [0.15, 0.2) is 0 Å². The van der Waals surface area contributed by atoms with Gasteiger partial charge < -0.3 is 14.9 Å². The van der Waals surface area contributed by atoms with E-state index >= 15 is 0 Å². The molecule has 26 heavy (non-hydrogen) atoms. The minimum absolute atomic E-state index is 0.0844. The number of carbonyl (C=O) groups is 1. The van der Waals surface area contributed by atoms with Crippen LogP contribution in [0.25, 0.3) is 0 Å². The predicted octanol–water partition coefficient (Wildman–Crippen LogP) is 3.57. The van der Waals surface area contributed by atoms with Crippen molar-refractivity contribution in [1.82, 2.24) is 9.88 Å². The molecule has 0 radical (unpaired) electrons. The van der Waals surface area contributed by atoms with E-state index in [4.69, 9.17) is 11.6 Å². The summed E-state index contributed by atoms with van der Waals surface area (Å²) in [5, 5.41) is 28.5. The fourth-order valence-corrected chi connectivity index (χ4v) is 3.13. The number of pyridine rings is 1. The molecule has 0 aromatic carbocycles. The van der Waals surface area contributed by atoms with E-state index in [1.807, 2.05) is 20.8 Å². The number of hydrogen-bond donors (Lipinski definition) is 1. The maximum absolute atomic E-state index is 11.5. The van der Waals surface area contributed by atoms with Crippen molar-refractivity contribution < 1.29 is 9.90 Å². The van der Waals surface area contributed by atoms with Gasteiger partial charge in [0, 0.05) is 25.7 Å². The molecule has 1 aliphatic rings. The zero-order valence-electron chi connectivity index (χ0n) is 15.4. The quantitative estimate of drug-likeness (QED) is 0.789. The molecule has 0 atom stereocenters. The summed E-state index contributed by atoms with van der Waals surface area (Å²) in [6.45, 7) is 6.06. The van der Waals surface area contributed by atoms with Gasteiger partial charge >= 0.3 is 6.09 Å². The monoisotopic (exact) mass is 375 g/mol. The van der Waals surface area contributed by atoms with E-state index in [0.717, 1.165) is 12.8 Å². The number of nitrogens with zero attached hydrogens (tertiary/aromatic N) is 5. The average molecular weight is 376 g/mol. The van der Waals surface area contributed by atoms with E-state index in [9.17, 15) is 20.4 Å². The molecule has 1 N–H and O–H groups in total. The summed E-state index contributed by atoms with van der Waals surface area (Å²) in [4.78, 5) is 18.8. The largest absolute Gasteiger partial charge is 0.465 e. The molecule has 1 aromatic rings. The molecule has 1 aromatic heterocycles. The minimum atomic E-state index is -1.00. The minimum Gasteiger partial charge on any atom is -0.465 e. The Labute approximate surface area is 158 Å². The van der Waals surface area contributed by atoms with Gasteiger partial charge in [0.05, 0.1) is 11.1 Å². The van der Waals surface area contributed by atoms with Gasteiger partial charge in [-0.1, -0.05) is 11.6 Å². The van der Waals surface area contributed by atoms with E-state index in [0.29, 0.717) is 23.5 Å². The van der Waals surface area contributed by atoms with Gasteiger partial charge in [0.2, 0.25) is 0 Å². The lowest BCUT2D eigenvalue weighted by atomic mass is 10.00. The zero-order chi connectivity index (χ0) is 19.6. The first-order valence-electron chi connectivity index (χ1n) is 8.37. The van der Waals surface area contributed by atoms with E-state index in [2.05, 4.69) is 17.1 Å². The van der Waals surface area contributed by atoms with E-state index in [1.54, 1.807) is 11.9 Å². The van der Waals surface area contributed by atoms with Crippen molar-refractivity contribution in [1.29, 1.82) is 10.5 Å². The van der Waals surface area contributed by atoms with Crippen LogP contribution < -0.4 is 4.90 Å². The summed E-state index contributed by atoms with van der Waals surface area (Å²) in [6, 6.07) is 4.23. The Morgan fingerprint density at radius 2 is 1.85 bits per heavy atom. The second-order valence-electron chi connectivity index (χ2n) is 7.41. The van der Waals surface area contributed by atoms with Crippen molar-refractivity contribution in [3.05, 3.63) is 21.8 Å². The zero-order valence-corrected chi connectivity index (χ0v) is 16.1. The van der Waals surface area contributed by atoms with E-state index in [1.165, 1.54) is 4.90 Å². The molecule has 0 spiro atoms. The summed E-state index contributed by atoms with van der Waals surface area (Å²) in [6.07, 6.45) is 0.837.